The van der Waals surface area contributed by atoms with Crippen LogP contribution in [0.2, 0.25) is 0 Å². The Kier molecular flexibility index (Phi) is 10.9. The van der Waals surface area contributed by atoms with Crippen LogP contribution in [0.15, 0.2) is 112 Å². The van der Waals surface area contributed by atoms with Gasteiger partial charge in [-0.05, 0) is 84.6 Å². The molecule has 0 aliphatic carbocycles. The Balaban J connectivity index is 1.44. The number of carbonyl (C=O) groups excluding carboxylic acids is 3. The van der Waals surface area contributed by atoms with Crippen LogP contribution in [0.25, 0.3) is 6.08 Å². The molecule has 0 aliphatic heterocycles. The molecule has 220 valence electrons. The van der Waals surface area contributed by atoms with Crippen molar-refractivity contribution in [2.24, 2.45) is 0 Å². The lowest BCUT2D eigenvalue weighted by atomic mass is 10.0. The molecule has 0 bridgehead atoms. The number of hydrogen-bond donors (Lipinski definition) is 3. The van der Waals surface area contributed by atoms with E-state index in [-0.39, 0.29) is 17.3 Å². The average Bonchev–Trinajstić information content (AvgIpc) is 2.99. The Morgan fingerprint density at radius 1 is 0.837 bits per heavy atom. The normalized spacial score (nSPS) is 12.0. The minimum Gasteiger partial charge on any atom is -0.323 e. The minimum absolute atomic E-state index is 0.0927. The summed E-state index contributed by atoms with van der Waals surface area (Å²) < 4.78 is 14.7. The third-order valence-electron chi connectivity index (χ3n) is 6.43. The van der Waals surface area contributed by atoms with Gasteiger partial charge in [0.15, 0.2) is 0 Å². The van der Waals surface area contributed by atoms with Gasteiger partial charge < -0.3 is 16.0 Å². The van der Waals surface area contributed by atoms with Crippen molar-refractivity contribution < 1.29 is 18.8 Å². The third kappa shape index (κ3) is 9.14. The Bertz CT molecular complexity index is 1630. The molecule has 6 nitrogen and oxygen atoms in total. The molecular formula is C34H31BrFN3O3S. The number of benzene rings is 4. The highest BCUT2D eigenvalue weighted by molar-refractivity contribution is 9.10. The van der Waals surface area contributed by atoms with Crippen LogP contribution in [-0.4, -0.2) is 23.0 Å². The van der Waals surface area contributed by atoms with Crippen LogP contribution < -0.4 is 16.0 Å². The lowest BCUT2D eigenvalue weighted by Gasteiger charge is -2.14. The van der Waals surface area contributed by atoms with Crippen molar-refractivity contribution in [3.05, 3.63) is 130 Å². The molecule has 0 fully saturated rings. The van der Waals surface area contributed by atoms with Gasteiger partial charge in [0.1, 0.15) is 11.5 Å². The van der Waals surface area contributed by atoms with Gasteiger partial charge in [0.05, 0.1) is 10.9 Å². The Morgan fingerprint density at radius 3 is 2.14 bits per heavy atom. The number of amides is 3. The van der Waals surface area contributed by atoms with E-state index in [1.807, 2.05) is 30.3 Å². The van der Waals surface area contributed by atoms with Crippen LogP contribution in [0.4, 0.5) is 15.8 Å². The fraction of sp³-hybridized carbons (Fsp3) is 0.147. The van der Waals surface area contributed by atoms with Crippen molar-refractivity contribution in [1.29, 1.82) is 0 Å². The van der Waals surface area contributed by atoms with E-state index in [9.17, 15) is 18.8 Å². The lowest BCUT2D eigenvalue weighted by molar-refractivity contribution is -0.115. The number of thioether (sulfide) groups is 1. The molecule has 4 rings (SSSR count). The van der Waals surface area contributed by atoms with E-state index in [1.165, 1.54) is 29.5 Å². The zero-order valence-electron chi connectivity index (χ0n) is 23.9. The third-order valence-corrected chi connectivity index (χ3v) is 8.03. The summed E-state index contributed by atoms with van der Waals surface area (Å²) in [4.78, 5) is 39.7. The lowest BCUT2D eigenvalue weighted by Crippen LogP contribution is -2.30. The number of nitrogens with one attached hydrogen (secondary N) is 3. The maximum Gasteiger partial charge on any atom is 0.272 e. The first-order chi connectivity index (χ1) is 20.6. The first-order valence-electron chi connectivity index (χ1n) is 13.6. The van der Waals surface area contributed by atoms with E-state index in [4.69, 9.17) is 0 Å². The summed E-state index contributed by atoms with van der Waals surface area (Å²) in [6.07, 6.45) is 1.64. The van der Waals surface area contributed by atoms with Gasteiger partial charge in [-0.1, -0.05) is 72.2 Å². The molecule has 0 aliphatic rings. The fourth-order valence-electron chi connectivity index (χ4n) is 3.98. The monoisotopic (exact) mass is 659 g/mol. The molecule has 0 spiro atoms. The number of halogens is 2. The van der Waals surface area contributed by atoms with Crippen molar-refractivity contribution in [1.82, 2.24) is 5.32 Å². The van der Waals surface area contributed by atoms with E-state index in [0.29, 0.717) is 21.6 Å². The van der Waals surface area contributed by atoms with E-state index in [0.717, 1.165) is 10.5 Å². The van der Waals surface area contributed by atoms with Gasteiger partial charge in [0, 0.05) is 20.6 Å². The Morgan fingerprint density at radius 2 is 1.51 bits per heavy atom. The molecule has 4 aromatic rings. The largest absolute Gasteiger partial charge is 0.323 e. The van der Waals surface area contributed by atoms with Crippen molar-refractivity contribution in [2.75, 3.05) is 10.6 Å². The highest BCUT2D eigenvalue weighted by atomic mass is 79.9. The zero-order chi connectivity index (χ0) is 30.9. The summed E-state index contributed by atoms with van der Waals surface area (Å²) in [6.45, 7) is 5.94. The molecule has 9 heteroatoms. The van der Waals surface area contributed by atoms with Crippen molar-refractivity contribution in [2.45, 2.75) is 36.8 Å². The summed E-state index contributed by atoms with van der Waals surface area (Å²) in [5, 5.41) is 7.69. The summed E-state index contributed by atoms with van der Waals surface area (Å²) in [7, 11) is 0. The molecule has 0 aromatic heterocycles. The molecular weight excluding hydrogens is 629 g/mol. The molecule has 0 saturated carbocycles. The summed E-state index contributed by atoms with van der Waals surface area (Å²) >= 11 is 4.50. The number of carbonyl (C=O) groups is 3. The van der Waals surface area contributed by atoms with Crippen LogP contribution in [0, 0.1) is 5.82 Å². The van der Waals surface area contributed by atoms with Crippen LogP contribution >= 0.6 is 27.7 Å². The Labute approximate surface area is 263 Å². The van der Waals surface area contributed by atoms with Crippen LogP contribution in [0.5, 0.6) is 0 Å². The second-order valence-electron chi connectivity index (χ2n) is 10.1. The maximum atomic E-state index is 14.1. The minimum atomic E-state index is -0.527. The number of hydrogen-bond acceptors (Lipinski definition) is 4. The van der Waals surface area contributed by atoms with Crippen molar-refractivity contribution >= 4 is 62.9 Å². The smallest absolute Gasteiger partial charge is 0.272 e. The molecule has 0 heterocycles. The van der Waals surface area contributed by atoms with Gasteiger partial charge in [-0.25, -0.2) is 4.39 Å². The van der Waals surface area contributed by atoms with Crippen molar-refractivity contribution in [3.63, 3.8) is 0 Å². The molecule has 0 saturated heterocycles. The first-order valence-corrected chi connectivity index (χ1v) is 15.3. The van der Waals surface area contributed by atoms with Gasteiger partial charge >= 0.3 is 0 Å². The Hall–Kier alpha value is -4.21. The maximum absolute atomic E-state index is 14.1. The van der Waals surface area contributed by atoms with Crippen molar-refractivity contribution in [3.8, 4) is 0 Å². The molecule has 3 N–H and O–H groups in total. The molecule has 4 aromatic carbocycles. The number of anilines is 2. The summed E-state index contributed by atoms with van der Waals surface area (Å²) in [5.74, 6) is -1.38. The van der Waals surface area contributed by atoms with E-state index >= 15 is 0 Å². The quantitative estimate of drug-likeness (QED) is 0.118. The topological polar surface area (TPSA) is 87.3 Å². The molecule has 1 unspecified atom stereocenters. The van der Waals surface area contributed by atoms with Crippen LogP contribution in [0.3, 0.4) is 0 Å². The highest BCUT2D eigenvalue weighted by Crippen LogP contribution is 2.27. The second kappa shape index (κ2) is 14.8. The number of rotatable bonds is 10. The predicted molar refractivity (Wildman–Crippen MR) is 176 cm³/mol. The van der Waals surface area contributed by atoms with Gasteiger partial charge in [0.25, 0.3) is 11.8 Å². The fourth-order valence-corrected chi connectivity index (χ4v) is 5.18. The van der Waals surface area contributed by atoms with Gasteiger partial charge in [-0.2, -0.15) is 0 Å². The van der Waals surface area contributed by atoms with E-state index in [2.05, 4.69) is 45.7 Å². The second-order valence-corrected chi connectivity index (χ2v) is 12.4. The molecule has 43 heavy (non-hydrogen) atoms. The summed E-state index contributed by atoms with van der Waals surface area (Å²) in [6, 6.07) is 27.9. The van der Waals surface area contributed by atoms with Crippen LogP contribution in [-0.2, 0) is 9.59 Å². The van der Waals surface area contributed by atoms with E-state index in [1.54, 1.807) is 67.6 Å². The standard InChI is InChI=1S/C34H31BrFN3O3S/c1-21(2)24-11-9-23(10-12-24)19-31(39-33(41)25-7-5-4-6-8-25)34(42)37-27-14-16-28(17-15-27)43-22(3)32(40)38-30-18-13-26(35)20-29(30)36/h4-22H,1-3H3,(H,37,42)(H,38,40)(H,39,41)/b31-19-. The van der Waals surface area contributed by atoms with E-state index < -0.39 is 22.9 Å². The van der Waals surface area contributed by atoms with Gasteiger partial charge in [-0.15, -0.1) is 11.8 Å². The first kappa shape index (κ1) is 31.7. The van der Waals surface area contributed by atoms with Gasteiger partial charge in [-0.3, -0.25) is 14.4 Å². The predicted octanol–water partition coefficient (Wildman–Crippen LogP) is 8.24. The molecule has 0 radical (unpaired) electrons. The zero-order valence-corrected chi connectivity index (χ0v) is 26.3. The molecule has 3 amide bonds. The van der Waals surface area contributed by atoms with Crippen LogP contribution in [0.1, 0.15) is 48.2 Å². The molecule has 1 atom stereocenters. The highest BCUT2D eigenvalue weighted by Gasteiger charge is 2.18. The average molecular weight is 661 g/mol. The SMILES string of the molecule is CC(Sc1ccc(NC(=O)/C(=C/c2ccc(C(C)C)cc2)NC(=O)c2ccccc2)cc1)C(=O)Nc1ccc(Br)cc1F. The summed E-state index contributed by atoms with van der Waals surface area (Å²) in [5.41, 5.74) is 3.08. The van der Waals surface area contributed by atoms with Gasteiger partial charge in [0.2, 0.25) is 5.91 Å².